The molecule has 0 spiro atoms. The van der Waals surface area contributed by atoms with Crippen LogP contribution in [0.1, 0.15) is 49.3 Å². The smallest absolute Gasteiger partial charge is 0.255 e. The van der Waals surface area contributed by atoms with Crippen LogP contribution in [0.3, 0.4) is 0 Å². The van der Waals surface area contributed by atoms with Crippen molar-refractivity contribution in [3.8, 4) is 0 Å². The molecule has 1 fully saturated rings. The molecule has 1 saturated heterocycles. The van der Waals surface area contributed by atoms with Crippen molar-refractivity contribution in [3.63, 3.8) is 0 Å². The van der Waals surface area contributed by atoms with E-state index in [1.54, 1.807) is 4.90 Å². The van der Waals surface area contributed by atoms with Gasteiger partial charge in [0, 0.05) is 37.8 Å². The first-order chi connectivity index (χ1) is 12.3. The molecule has 0 saturated carbocycles. The van der Waals surface area contributed by atoms with Crippen molar-refractivity contribution in [2.24, 2.45) is 0 Å². The molecule has 3 heterocycles. The van der Waals surface area contributed by atoms with Gasteiger partial charge in [0.2, 0.25) is 5.89 Å². The fraction of sp³-hybridized carbons (Fsp3) is 0.556. The SMILES string of the molecule is CC(C)(C)c1nc(CN2CCCN(C(=O)c3cncc(F)c3)CC2)no1. The average molecular weight is 361 g/mol. The third-order valence-corrected chi connectivity index (χ3v) is 4.30. The molecule has 1 aliphatic rings. The molecule has 1 amide bonds. The van der Waals surface area contributed by atoms with Crippen LogP contribution in [-0.4, -0.2) is 57.0 Å². The summed E-state index contributed by atoms with van der Waals surface area (Å²) in [5.74, 6) is 0.592. The Balaban J connectivity index is 1.60. The van der Waals surface area contributed by atoms with E-state index in [4.69, 9.17) is 4.52 Å². The highest BCUT2D eigenvalue weighted by Gasteiger charge is 2.24. The molecule has 3 rings (SSSR count). The summed E-state index contributed by atoms with van der Waals surface area (Å²) in [4.78, 5) is 24.7. The van der Waals surface area contributed by atoms with Crippen LogP contribution in [0.2, 0.25) is 0 Å². The zero-order valence-corrected chi connectivity index (χ0v) is 15.4. The highest BCUT2D eigenvalue weighted by Crippen LogP contribution is 2.20. The monoisotopic (exact) mass is 361 g/mol. The van der Waals surface area contributed by atoms with Gasteiger partial charge in [-0.3, -0.25) is 14.7 Å². The van der Waals surface area contributed by atoms with Gasteiger partial charge in [-0.25, -0.2) is 4.39 Å². The summed E-state index contributed by atoms with van der Waals surface area (Å²) >= 11 is 0. The van der Waals surface area contributed by atoms with E-state index < -0.39 is 5.82 Å². The summed E-state index contributed by atoms with van der Waals surface area (Å²) in [7, 11) is 0. The van der Waals surface area contributed by atoms with Crippen molar-refractivity contribution in [3.05, 3.63) is 41.6 Å². The second kappa shape index (κ2) is 7.49. The number of aromatic nitrogens is 3. The molecule has 0 aliphatic carbocycles. The van der Waals surface area contributed by atoms with Gasteiger partial charge in [-0.05, 0) is 12.5 Å². The summed E-state index contributed by atoms with van der Waals surface area (Å²) in [6.07, 6.45) is 3.33. The van der Waals surface area contributed by atoms with E-state index in [1.165, 1.54) is 12.3 Å². The van der Waals surface area contributed by atoms with Gasteiger partial charge in [0.05, 0.1) is 18.3 Å². The lowest BCUT2D eigenvalue weighted by atomic mass is 9.97. The van der Waals surface area contributed by atoms with Crippen molar-refractivity contribution in [2.45, 2.75) is 39.2 Å². The summed E-state index contributed by atoms with van der Waals surface area (Å²) in [6.45, 7) is 9.41. The van der Waals surface area contributed by atoms with Gasteiger partial charge in [0.25, 0.3) is 5.91 Å². The summed E-state index contributed by atoms with van der Waals surface area (Å²) in [5, 5.41) is 4.06. The standard InChI is InChI=1S/C18H24FN5O2/c1-18(2,3)17-21-15(22-26-17)12-23-5-4-6-24(8-7-23)16(25)13-9-14(19)11-20-10-13/h9-11H,4-8,12H2,1-3H3. The maximum absolute atomic E-state index is 13.3. The van der Waals surface area contributed by atoms with E-state index in [-0.39, 0.29) is 16.9 Å². The predicted octanol–water partition coefficient (Wildman–Crippen LogP) is 2.25. The van der Waals surface area contributed by atoms with Crippen molar-refractivity contribution in [1.82, 2.24) is 24.9 Å². The van der Waals surface area contributed by atoms with Crippen molar-refractivity contribution < 1.29 is 13.7 Å². The minimum atomic E-state index is -0.501. The molecule has 140 valence electrons. The molecule has 2 aromatic rings. The van der Waals surface area contributed by atoms with Crippen LogP contribution in [-0.2, 0) is 12.0 Å². The minimum Gasteiger partial charge on any atom is -0.339 e. The Hall–Kier alpha value is -2.35. The number of hydrogen-bond acceptors (Lipinski definition) is 6. The van der Waals surface area contributed by atoms with Crippen molar-refractivity contribution >= 4 is 5.91 Å². The van der Waals surface area contributed by atoms with E-state index in [0.717, 1.165) is 19.2 Å². The minimum absolute atomic E-state index is 0.174. The van der Waals surface area contributed by atoms with Gasteiger partial charge in [-0.2, -0.15) is 4.98 Å². The molecule has 0 N–H and O–H groups in total. The molecule has 8 heteroatoms. The third kappa shape index (κ3) is 4.43. The first kappa shape index (κ1) is 18.4. The van der Waals surface area contributed by atoms with E-state index in [0.29, 0.717) is 37.9 Å². The summed E-state index contributed by atoms with van der Waals surface area (Å²) in [6, 6.07) is 1.23. The molecule has 0 bridgehead atoms. The molecule has 26 heavy (non-hydrogen) atoms. The zero-order valence-electron chi connectivity index (χ0n) is 15.4. The summed E-state index contributed by atoms with van der Waals surface area (Å²) < 4.78 is 18.6. The molecular weight excluding hydrogens is 337 g/mol. The van der Waals surface area contributed by atoms with E-state index in [1.807, 2.05) is 20.8 Å². The summed E-state index contributed by atoms with van der Waals surface area (Å²) in [5.41, 5.74) is 0.109. The number of amides is 1. The third-order valence-electron chi connectivity index (χ3n) is 4.30. The van der Waals surface area contributed by atoms with Gasteiger partial charge < -0.3 is 9.42 Å². The lowest BCUT2D eigenvalue weighted by Gasteiger charge is -2.21. The largest absolute Gasteiger partial charge is 0.339 e. The normalized spacial score (nSPS) is 16.5. The highest BCUT2D eigenvalue weighted by atomic mass is 19.1. The number of carbonyl (C=O) groups is 1. The van der Waals surface area contributed by atoms with E-state index in [2.05, 4.69) is 20.0 Å². The van der Waals surface area contributed by atoms with E-state index in [9.17, 15) is 9.18 Å². The number of pyridine rings is 1. The van der Waals surface area contributed by atoms with Gasteiger partial charge in [-0.1, -0.05) is 25.9 Å². The average Bonchev–Trinajstić information content (AvgIpc) is 2.94. The Morgan fingerprint density at radius 2 is 2.04 bits per heavy atom. The Morgan fingerprint density at radius 1 is 1.23 bits per heavy atom. The molecule has 1 aliphatic heterocycles. The second-order valence-corrected chi connectivity index (χ2v) is 7.58. The van der Waals surface area contributed by atoms with Gasteiger partial charge in [0.15, 0.2) is 5.82 Å². The van der Waals surface area contributed by atoms with Crippen LogP contribution >= 0.6 is 0 Å². The maximum Gasteiger partial charge on any atom is 0.255 e. The van der Waals surface area contributed by atoms with Crippen molar-refractivity contribution in [1.29, 1.82) is 0 Å². The topological polar surface area (TPSA) is 75.4 Å². The fourth-order valence-electron chi connectivity index (χ4n) is 2.87. The molecule has 0 unspecified atom stereocenters. The number of halogens is 1. The van der Waals surface area contributed by atoms with Crippen LogP contribution in [0.15, 0.2) is 23.0 Å². The molecule has 0 aromatic carbocycles. The van der Waals surface area contributed by atoms with Crippen LogP contribution in [0.4, 0.5) is 4.39 Å². The number of nitrogens with zero attached hydrogens (tertiary/aromatic N) is 5. The molecule has 7 nitrogen and oxygen atoms in total. The Morgan fingerprint density at radius 3 is 2.73 bits per heavy atom. The predicted molar refractivity (Wildman–Crippen MR) is 93.0 cm³/mol. The van der Waals surface area contributed by atoms with Crippen LogP contribution in [0.5, 0.6) is 0 Å². The van der Waals surface area contributed by atoms with Crippen LogP contribution in [0, 0.1) is 5.82 Å². The molecule has 0 atom stereocenters. The molecule has 0 radical (unpaired) electrons. The Labute approximate surface area is 152 Å². The number of carbonyl (C=O) groups excluding carboxylic acids is 1. The van der Waals surface area contributed by atoms with E-state index >= 15 is 0 Å². The number of hydrogen-bond donors (Lipinski definition) is 0. The first-order valence-corrected chi connectivity index (χ1v) is 8.78. The van der Waals surface area contributed by atoms with Gasteiger partial charge >= 0.3 is 0 Å². The first-order valence-electron chi connectivity index (χ1n) is 8.78. The molecule has 2 aromatic heterocycles. The zero-order chi connectivity index (χ0) is 18.7. The fourth-order valence-corrected chi connectivity index (χ4v) is 2.87. The van der Waals surface area contributed by atoms with Gasteiger partial charge in [-0.15, -0.1) is 0 Å². The Bertz CT molecular complexity index is 771. The lowest BCUT2D eigenvalue weighted by molar-refractivity contribution is 0.0760. The highest BCUT2D eigenvalue weighted by molar-refractivity contribution is 5.93. The maximum atomic E-state index is 13.3. The Kier molecular flexibility index (Phi) is 5.31. The number of rotatable bonds is 3. The van der Waals surface area contributed by atoms with Gasteiger partial charge in [0.1, 0.15) is 5.82 Å². The van der Waals surface area contributed by atoms with Crippen LogP contribution < -0.4 is 0 Å². The second-order valence-electron chi connectivity index (χ2n) is 7.58. The lowest BCUT2D eigenvalue weighted by Crippen LogP contribution is -2.35. The van der Waals surface area contributed by atoms with Crippen LogP contribution in [0.25, 0.3) is 0 Å². The molecular formula is C18H24FN5O2. The quantitative estimate of drug-likeness (QED) is 0.835. The van der Waals surface area contributed by atoms with Crippen molar-refractivity contribution in [2.75, 3.05) is 26.2 Å².